The Hall–Kier alpha value is -0.300. The maximum atomic E-state index is 3.84. The summed E-state index contributed by atoms with van der Waals surface area (Å²) in [5, 5.41) is 3.46. The Morgan fingerprint density at radius 1 is 1.46 bits per heavy atom. The molecule has 74 valence electrons. The second-order valence-electron chi connectivity index (χ2n) is 4.76. The van der Waals surface area contributed by atoms with Crippen molar-refractivity contribution in [3.05, 3.63) is 12.7 Å². The summed E-state index contributed by atoms with van der Waals surface area (Å²) in [7, 11) is 2.10. The molecular weight excluding hydrogens is 158 g/mol. The molecule has 2 fully saturated rings. The first kappa shape index (κ1) is 9.26. The number of nitrogens with one attached hydrogen (secondary N) is 1. The van der Waals surface area contributed by atoms with Gasteiger partial charge in [0.05, 0.1) is 0 Å². The van der Waals surface area contributed by atoms with Crippen LogP contribution in [0.2, 0.25) is 0 Å². The molecule has 0 heterocycles. The molecule has 0 radical (unpaired) electrons. The van der Waals surface area contributed by atoms with Crippen molar-refractivity contribution in [1.82, 2.24) is 5.32 Å². The largest absolute Gasteiger partial charge is 0.316 e. The zero-order valence-electron chi connectivity index (χ0n) is 8.63. The van der Waals surface area contributed by atoms with Crippen LogP contribution >= 0.6 is 0 Å². The molecule has 0 saturated heterocycles. The molecule has 0 aromatic heterocycles. The minimum absolute atomic E-state index is 0.702. The third kappa shape index (κ3) is 1.67. The molecule has 2 aliphatic carbocycles. The summed E-state index contributed by atoms with van der Waals surface area (Å²) >= 11 is 0. The van der Waals surface area contributed by atoms with E-state index >= 15 is 0 Å². The second-order valence-corrected chi connectivity index (χ2v) is 4.76. The van der Waals surface area contributed by atoms with E-state index in [0.29, 0.717) is 6.04 Å². The summed E-state index contributed by atoms with van der Waals surface area (Å²) in [6.45, 7) is 3.84. The molecule has 13 heavy (non-hydrogen) atoms. The summed E-state index contributed by atoms with van der Waals surface area (Å²) in [6.07, 6.45) is 9.19. The van der Waals surface area contributed by atoms with E-state index in [2.05, 4.69) is 25.0 Å². The van der Waals surface area contributed by atoms with Gasteiger partial charge in [-0.3, -0.25) is 0 Å². The van der Waals surface area contributed by atoms with Crippen molar-refractivity contribution in [3.63, 3.8) is 0 Å². The van der Waals surface area contributed by atoms with Crippen molar-refractivity contribution >= 4 is 0 Å². The highest BCUT2D eigenvalue weighted by Crippen LogP contribution is 2.49. The highest BCUT2D eigenvalue weighted by atomic mass is 14.9. The Morgan fingerprint density at radius 2 is 2.31 bits per heavy atom. The van der Waals surface area contributed by atoms with Crippen LogP contribution in [-0.4, -0.2) is 13.1 Å². The third-order valence-corrected chi connectivity index (χ3v) is 4.10. The first-order valence-electron chi connectivity index (χ1n) is 5.63. The molecule has 0 amide bonds. The van der Waals surface area contributed by atoms with E-state index in [9.17, 15) is 0 Å². The lowest BCUT2D eigenvalue weighted by atomic mass is 9.82. The molecule has 2 aliphatic rings. The van der Waals surface area contributed by atoms with Crippen LogP contribution in [0.5, 0.6) is 0 Å². The molecule has 2 bridgehead atoms. The predicted molar refractivity (Wildman–Crippen MR) is 56.6 cm³/mol. The van der Waals surface area contributed by atoms with Crippen LogP contribution in [0.25, 0.3) is 0 Å². The van der Waals surface area contributed by atoms with Crippen LogP contribution in [0.1, 0.15) is 32.1 Å². The van der Waals surface area contributed by atoms with E-state index in [1.165, 1.54) is 25.7 Å². The average molecular weight is 179 g/mol. The Kier molecular flexibility index (Phi) is 2.73. The summed E-state index contributed by atoms with van der Waals surface area (Å²) in [5.41, 5.74) is 0. The molecule has 0 aromatic rings. The van der Waals surface area contributed by atoms with Crippen molar-refractivity contribution in [1.29, 1.82) is 0 Å². The molecule has 1 nitrogen and oxygen atoms in total. The van der Waals surface area contributed by atoms with E-state index in [-0.39, 0.29) is 0 Å². The van der Waals surface area contributed by atoms with Gasteiger partial charge < -0.3 is 5.32 Å². The maximum Gasteiger partial charge on any atom is 0.0129 e. The summed E-state index contributed by atoms with van der Waals surface area (Å²) in [5.74, 6) is 3.04. The molecule has 2 saturated carbocycles. The van der Waals surface area contributed by atoms with Gasteiger partial charge in [0.15, 0.2) is 0 Å². The van der Waals surface area contributed by atoms with Crippen molar-refractivity contribution in [2.24, 2.45) is 17.8 Å². The van der Waals surface area contributed by atoms with E-state index in [1.54, 1.807) is 0 Å². The van der Waals surface area contributed by atoms with E-state index < -0.39 is 0 Å². The van der Waals surface area contributed by atoms with Crippen LogP contribution in [0.15, 0.2) is 12.7 Å². The highest BCUT2D eigenvalue weighted by molar-refractivity contribution is 4.96. The normalized spacial score (nSPS) is 39.3. The SMILES string of the molecule is C=CCC(NC)C1CC2CCC1C2. The molecule has 0 aromatic carbocycles. The molecule has 1 heteroatoms. The van der Waals surface area contributed by atoms with Gasteiger partial charge >= 0.3 is 0 Å². The van der Waals surface area contributed by atoms with Crippen LogP contribution < -0.4 is 5.32 Å². The lowest BCUT2D eigenvalue weighted by Gasteiger charge is -2.29. The van der Waals surface area contributed by atoms with Crippen molar-refractivity contribution in [2.45, 2.75) is 38.1 Å². The number of rotatable bonds is 4. The summed E-state index contributed by atoms with van der Waals surface area (Å²) in [6, 6.07) is 0.702. The van der Waals surface area contributed by atoms with Gasteiger partial charge in [0, 0.05) is 6.04 Å². The highest BCUT2D eigenvalue weighted by Gasteiger charge is 2.42. The van der Waals surface area contributed by atoms with Crippen molar-refractivity contribution in [3.8, 4) is 0 Å². The zero-order valence-corrected chi connectivity index (χ0v) is 8.63. The topological polar surface area (TPSA) is 12.0 Å². The summed E-state index contributed by atoms with van der Waals surface area (Å²) in [4.78, 5) is 0. The molecule has 0 spiro atoms. The first-order valence-corrected chi connectivity index (χ1v) is 5.63. The van der Waals surface area contributed by atoms with Crippen LogP contribution in [0.4, 0.5) is 0 Å². The van der Waals surface area contributed by atoms with Gasteiger partial charge in [-0.15, -0.1) is 6.58 Å². The maximum absolute atomic E-state index is 3.84. The Labute approximate surface area is 81.6 Å². The fourth-order valence-corrected chi connectivity index (χ4v) is 3.47. The predicted octanol–water partition coefficient (Wildman–Crippen LogP) is 2.59. The van der Waals surface area contributed by atoms with Crippen LogP contribution in [-0.2, 0) is 0 Å². The minimum atomic E-state index is 0.702. The molecule has 1 N–H and O–H groups in total. The lowest BCUT2D eigenvalue weighted by molar-refractivity contribution is 0.258. The van der Waals surface area contributed by atoms with E-state index in [0.717, 1.165) is 24.2 Å². The molecule has 2 rings (SSSR count). The van der Waals surface area contributed by atoms with Gasteiger partial charge in [-0.05, 0) is 50.5 Å². The number of fused-ring (bicyclic) bond motifs is 2. The third-order valence-electron chi connectivity index (χ3n) is 4.10. The molecular formula is C12H21N. The molecule has 4 unspecified atom stereocenters. The monoisotopic (exact) mass is 179 g/mol. The van der Waals surface area contributed by atoms with Crippen molar-refractivity contribution < 1.29 is 0 Å². The fourth-order valence-electron chi connectivity index (χ4n) is 3.47. The minimum Gasteiger partial charge on any atom is -0.316 e. The standard InChI is InChI=1S/C12H21N/c1-3-4-12(13-2)11-8-9-5-6-10(11)7-9/h3,9-13H,1,4-8H2,2H3. The van der Waals surface area contributed by atoms with Gasteiger partial charge in [-0.25, -0.2) is 0 Å². The van der Waals surface area contributed by atoms with E-state index in [4.69, 9.17) is 0 Å². The molecule has 4 atom stereocenters. The smallest absolute Gasteiger partial charge is 0.0129 e. The van der Waals surface area contributed by atoms with Gasteiger partial charge in [0.25, 0.3) is 0 Å². The Morgan fingerprint density at radius 3 is 2.77 bits per heavy atom. The van der Waals surface area contributed by atoms with Gasteiger partial charge in [0.1, 0.15) is 0 Å². The lowest BCUT2D eigenvalue weighted by Crippen LogP contribution is -2.36. The first-order chi connectivity index (χ1) is 6.35. The van der Waals surface area contributed by atoms with Gasteiger partial charge in [-0.1, -0.05) is 12.5 Å². The van der Waals surface area contributed by atoms with E-state index in [1.807, 2.05) is 0 Å². The quantitative estimate of drug-likeness (QED) is 0.654. The number of hydrogen-bond acceptors (Lipinski definition) is 1. The fraction of sp³-hybridized carbons (Fsp3) is 0.833. The van der Waals surface area contributed by atoms with Crippen LogP contribution in [0.3, 0.4) is 0 Å². The zero-order chi connectivity index (χ0) is 9.26. The van der Waals surface area contributed by atoms with Crippen molar-refractivity contribution in [2.75, 3.05) is 7.05 Å². The Bertz CT molecular complexity index is 188. The van der Waals surface area contributed by atoms with Gasteiger partial charge in [0.2, 0.25) is 0 Å². The molecule has 0 aliphatic heterocycles. The summed E-state index contributed by atoms with van der Waals surface area (Å²) < 4.78 is 0. The second kappa shape index (κ2) is 3.83. The van der Waals surface area contributed by atoms with Crippen LogP contribution in [0, 0.1) is 17.8 Å². The average Bonchev–Trinajstić information content (AvgIpc) is 2.74. The number of hydrogen-bond donors (Lipinski definition) is 1. The van der Waals surface area contributed by atoms with Gasteiger partial charge in [-0.2, -0.15) is 0 Å². The Balaban J connectivity index is 1.95.